The van der Waals surface area contributed by atoms with Gasteiger partial charge in [-0.15, -0.1) is 0 Å². The van der Waals surface area contributed by atoms with Crippen LogP contribution in [0.15, 0.2) is 6.07 Å². The van der Waals surface area contributed by atoms with Crippen LogP contribution in [0.5, 0.6) is 0 Å². The molecule has 2 heterocycles. The van der Waals surface area contributed by atoms with E-state index in [1.165, 1.54) is 5.69 Å². The molecule has 17 heavy (non-hydrogen) atoms. The summed E-state index contributed by atoms with van der Waals surface area (Å²) in [6, 6.07) is 2.18. The number of nitrogens with one attached hydrogen (secondary N) is 1. The van der Waals surface area contributed by atoms with Crippen molar-refractivity contribution in [3.05, 3.63) is 17.5 Å². The molecule has 0 saturated carbocycles. The summed E-state index contributed by atoms with van der Waals surface area (Å²) in [5.41, 5.74) is 2.61. The van der Waals surface area contributed by atoms with Crippen LogP contribution in [0.4, 0.5) is 0 Å². The zero-order chi connectivity index (χ0) is 12.5. The Morgan fingerprint density at radius 1 is 1.65 bits per heavy atom. The van der Waals surface area contributed by atoms with Crippen molar-refractivity contribution in [1.29, 1.82) is 0 Å². The summed E-state index contributed by atoms with van der Waals surface area (Å²) in [6.07, 6.45) is 2.47. The van der Waals surface area contributed by atoms with E-state index >= 15 is 0 Å². The van der Waals surface area contributed by atoms with Crippen LogP contribution < -0.4 is 5.32 Å². The zero-order valence-electron chi connectivity index (χ0n) is 11.3. The summed E-state index contributed by atoms with van der Waals surface area (Å²) >= 11 is 0. The predicted octanol–water partition coefficient (Wildman–Crippen LogP) is 1.29. The highest BCUT2D eigenvalue weighted by Gasteiger charge is 2.41. The Balaban J connectivity index is 2.21. The van der Waals surface area contributed by atoms with E-state index < -0.39 is 0 Å². The Hall–Kier alpha value is -0.870. The smallest absolute Gasteiger partial charge is 0.0619 e. The van der Waals surface area contributed by atoms with Gasteiger partial charge >= 0.3 is 0 Å². The van der Waals surface area contributed by atoms with Gasteiger partial charge < -0.3 is 10.1 Å². The topological polar surface area (TPSA) is 39.1 Å². The van der Waals surface area contributed by atoms with Gasteiger partial charge in [0.1, 0.15) is 0 Å². The van der Waals surface area contributed by atoms with Crippen LogP contribution in [-0.2, 0) is 18.2 Å². The van der Waals surface area contributed by atoms with Crippen LogP contribution >= 0.6 is 0 Å². The van der Waals surface area contributed by atoms with Crippen molar-refractivity contribution >= 4 is 0 Å². The molecule has 1 aliphatic rings. The Kier molecular flexibility index (Phi) is 3.54. The maximum atomic E-state index is 5.77. The molecule has 0 radical (unpaired) electrons. The maximum absolute atomic E-state index is 5.77. The third-order valence-electron chi connectivity index (χ3n) is 3.99. The van der Waals surface area contributed by atoms with Crippen molar-refractivity contribution < 1.29 is 4.74 Å². The molecule has 1 saturated heterocycles. The highest BCUT2D eigenvalue weighted by molar-refractivity contribution is 5.12. The predicted molar refractivity (Wildman–Crippen MR) is 68.0 cm³/mol. The van der Waals surface area contributed by atoms with Gasteiger partial charge in [0.25, 0.3) is 0 Å². The lowest BCUT2D eigenvalue weighted by Gasteiger charge is -2.32. The Labute approximate surface area is 103 Å². The summed E-state index contributed by atoms with van der Waals surface area (Å²) in [5, 5.41) is 7.74. The monoisotopic (exact) mass is 237 g/mol. The lowest BCUT2D eigenvalue weighted by Crippen LogP contribution is -2.40. The van der Waals surface area contributed by atoms with Gasteiger partial charge in [-0.25, -0.2) is 0 Å². The molecule has 0 aliphatic carbocycles. The average Bonchev–Trinajstić information content (AvgIpc) is 2.74. The molecule has 1 N–H and O–H groups in total. The fourth-order valence-electron chi connectivity index (χ4n) is 2.89. The first-order chi connectivity index (χ1) is 8.07. The van der Waals surface area contributed by atoms with Gasteiger partial charge in [-0.1, -0.05) is 0 Å². The molecule has 4 nitrogen and oxygen atoms in total. The molecular weight excluding hydrogens is 214 g/mol. The minimum absolute atomic E-state index is 0.217. The summed E-state index contributed by atoms with van der Waals surface area (Å²) in [4.78, 5) is 0. The number of rotatable bonds is 4. The van der Waals surface area contributed by atoms with Crippen LogP contribution in [-0.4, -0.2) is 36.1 Å². The van der Waals surface area contributed by atoms with Crippen LogP contribution in [0.1, 0.15) is 24.7 Å². The molecule has 0 bridgehead atoms. The van der Waals surface area contributed by atoms with E-state index in [0.717, 1.165) is 31.7 Å². The molecule has 1 aromatic heterocycles. The SMILES string of the molecule is CNCC1(Cc2cc(C)nn2C)CCOC1C. The summed E-state index contributed by atoms with van der Waals surface area (Å²) in [5.74, 6) is 0. The van der Waals surface area contributed by atoms with Crippen molar-refractivity contribution in [3.8, 4) is 0 Å². The fraction of sp³-hybridized carbons (Fsp3) is 0.769. The molecule has 1 fully saturated rings. The van der Waals surface area contributed by atoms with Crippen molar-refractivity contribution in [2.45, 2.75) is 32.8 Å². The number of aromatic nitrogens is 2. The summed E-state index contributed by atoms with van der Waals surface area (Å²) in [6.45, 7) is 6.11. The Morgan fingerprint density at radius 2 is 2.41 bits per heavy atom. The quantitative estimate of drug-likeness (QED) is 0.857. The highest BCUT2D eigenvalue weighted by atomic mass is 16.5. The van der Waals surface area contributed by atoms with Crippen LogP contribution in [0.25, 0.3) is 0 Å². The third kappa shape index (κ3) is 2.38. The molecule has 0 amide bonds. The van der Waals surface area contributed by atoms with Crippen molar-refractivity contribution in [2.75, 3.05) is 20.2 Å². The molecule has 2 atom stereocenters. The maximum Gasteiger partial charge on any atom is 0.0619 e. The van der Waals surface area contributed by atoms with Crippen LogP contribution in [0.3, 0.4) is 0 Å². The zero-order valence-corrected chi connectivity index (χ0v) is 11.3. The van der Waals surface area contributed by atoms with E-state index in [1.807, 2.05) is 25.7 Å². The van der Waals surface area contributed by atoms with Crippen LogP contribution in [0.2, 0.25) is 0 Å². The third-order valence-corrected chi connectivity index (χ3v) is 3.99. The van der Waals surface area contributed by atoms with E-state index in [4.69, 9.17) is 4.74 Å². The Bertz CT molecular complexity index is 388. The van der Waals surface area contributed by atoms with E-state index in [1.54, 1.807) is 0 Å². The standard InChI is InChI=1S/C13H23N3O/c1-10-7-12(16(4)15-10)8-13(9-14-3)5-6-17-11(13)2/h7,11,14H,5-6,8-9H2,1-4H3. The highest BCUT2D eigenvalue weighted by Crippen LogP contribution is 2.37. The van der Waals surface area contributed by atoms with E-state index in [-0.39, 0.29) is 5.41 Å². The van der Waals surface area contributed by atoms with Gasteiger partial charge in [0.2, 0.25) is 0 Å². The molecule has 4 heteroatoms. The fourth-order valence-corrected chi connectivity index (χ4v) is 2.89. The Morgan fingerprint density at radius 3 is 2.88 bits per heavy atom. The van der Waals surface area contributed by atoms with Crippen molar-refractivity contribution in [3.63, 3.8) is 0 Å². The van der Waals surface area contributed by atoms with E-state index in [0.29, 0.717) is 6.10 Å². The first kappa shape index (κ1) is 12.6. The number of hydrogen-bond donors (Lipinski definition) is 1. The minimum atomic E-state index is 0.217. The van der Waals surface area contributed by atoms with Gasteiger partial charge in [0.15, 0.2) is 0 Å². The molecule has 0 aromatic carbocycles. The van der Waals surface area contributed by atoms with E-state index in [2.05, 4.69) is 23.4 Å². The van der Waals surface area contributed by atoms with E-state index in [9.17, 15) is 0 Å². The minimum Gasteiger partial charge on any atom is -0.378 e. The molecule has 96 valence electrons. The normalized spacial score (nSPS) is 28.8. The van der Waals surface area contributed by atoms with Crippen molar-refractivity contribution in [2.24, 2.45) is 12.5 Å². The molecule has 2 unspecified atom stereocenters. The molecule has 1 aromatic rings. The lowest BCUT2D eigenvalue weighted by molar-refractivity contribution is 0.0631. The van der Waals surface area contributed by atoms with Gasteiger partial charge in [0.05, 0.1) is 11.8 Å². The van der Waals surface area contributed by atoms with Crippen LogP contribution in [0, 0.1) is 12.3 Å². The second kappa shape index (κ2) is 4.78. The molecular formula is C13H23N3O. The van der Waals surface area contributed by atoms with Gasteiger partial charge in [0, 0.05) is 31.3 Å². The summed E-state index contributed by atoms with van der Waals surface area (Å²) < 4.78 is 7.77. The first-order valence-electron chi connectivity index (χ1n) is 6.33. The number of nitrogens with zero attached hydrogens (tertiary/aromatic N) is 2. The number of ether oxygens (including phenoxy) is 1. The average molecular weight is 237 g/mol. The van der Waals surface area contributed by atoms with Crippen molar-refractivity contribution in [1.82, 2.24) is 15.1 Å². The number of hydrogen-bond acceptors (Lipinski definition) is 3. The molecule has 1 aliphatic heterocycles. The van der Waals surface area contributed by atoms with Gasteiger partial charge in [-0.05, 0) is 39.8 Å². The molecule has 0 spiro atoms. The summed E-state index contributed by atoms with van der Waals surface area (Å²) in [7, 11) is 4.04. The van der Waals surface area contributed by atoms with Gasteiger partial charge in [-0.2, -0.15) is 5.10 Å². The second-order valence-electron chi connectivity index (χ2n) is 5.23. The lowest BCUT2D eigenvalue weighted by atomic mass is 9.77. The first-order valence-corrected chi connectivity index (χ1v) is 6.33. The molecule has 2 rings (SSSR count). The second-order valence-corrected chi connectivity index (χ2v) is 5.23. The van der Waals surface area contributed by atoms with Gasteiger partial charge in [-0.3, -0.25) is 4.68 Å². The number of aryl methyl sites for hydroxylation is 2. The largest absolute Gasteiger partial charge is 0.378 e.